The molecule has 2 aromatic rings. The van der Waals surface area contributed by atoms with Crippen LogP contribution < -0.4 is 0 Å². The zero-order chi connectivity index (χ0) is 13.3. The molecule has 0 saturated heterocycles. The van der Waals surface area contributed by atoms with Crippen molar-refractivity contribution in [3.05, 3.63) is 57.5 Å². The standard InChI is InChI=1S/C12H7Cl3O2S/c13-8-2-1-3-10(6-8)18(16,17)12-7-9(14)4-5-11(12)15/h1-7H. The van der Waals surface area contributed by atoms with E-state index in [0.29, 0.717) is 10.0 Å². The first-order chi connectivity index (χ1) is 8.41. The number of sulfone groups is 1. The fourth-order valence-electron chi connectivity index (χ4n) is 1.44. The Balaban J connectivity index is 2.65. The maximum Gasteiger partial charge on any atom is 0.208 e. The maximum atomic E-state index is 12.4. The van der Waals surface area contributed by atoms with Gasteiger partial charge in [-0.05, 0) is 36.4 Å². The minimum absolute atomic E-state index is 0.0288. The molecular weight excluding hydrogens is 315 g/mol. The summed E-state index contributed by atoms with van der Waals surface area (Å²) in [6.07, 6.45) is 0. The van der Waals surface area contributed by atoms with Crippen molar-refractivity contribution in [2.75, 3.05) is 0 Å². The number of halogens is 3. The Morgan fingerprint density at radius 1 is 0.833 bits per heavy atom. The van der Waals surface area contributed by atoms with Crippen molar-refractivity contribution in [1.82, 2.24) is 0 Å². The molecule has 0 aliphatic rings. The van der Waals surface area contributed by atoms with Gasteiger partial charge >= 0.3 is 0 Å². The summed E-state index contributed by atoms with van der Waals surface area (Å²) in [5, 5.41) is 0.772. The molecule has 0 heterocycles. The monoisotopic (exact) mass is 320 g/mol. The first kappa shape index (κ1) is 13.7. The van der Waals surface area contributed by atoms with Crippen LogP contribution in [0, 0.1) is 0 Å². The predicted octanol–water partition coefficient (Wildman–Crippen LogP) is 4.48. The van der Waals surface area contributed by atoms with E-state index in [4.69, 9.17) is 34.8 Å². The van der Waals surface area contributed by atoms with E-state index in [1.54, 1.807) is 12.1 Å². The highest BCUT2D eigenvalue weighted by molar-refractivity contribution is 7.91. The molecule has 0 amide bonds. The van der Waals surface area contributed by atoms with E-state index in [0.717, 1.165) is 0 Å². The molecular formula is C12H7Cl3O2S. The third-order valence-electron chi connectivity index (χ3n) is 2.29. The summed E-state index contributed by atoms with van der Waals surface area (Å²) < 4.78 is 24.7. The molecule has 0 unspecified atom stereocenters. The van der Waals surface area contributed by atoms with Crippen LogP contribution >= 0.6 is 34.8 Å². The predicted molar refractivity (Wildman–Crippen MR) is 73.4 cm³/mol. The number of hydrogen-bond donors (Lipinski definition) is 0. The summed E-state index contributed by atoms with van der Waals surface area (Å²) in [4.78, 5) is 0.0538. The number of benzene rings is 2. The number of hydrogen-bond acceptors (Lipinski definition) is 2. The van der Waals surface area contributed by atoms with Gasteiger partial charge in [-0.2, -0.15) is 0 Å². The second-order valence-corrected chi connectivity index (χ2v) is 6.73. The van der Waals surface area contributed by atoms with Crippen molar-refractivity contribution in [3.8, 4) is 0 Å². The van der Waals surface area contributed by atoms with Crippen LogP contribution in [0.1, 0.15) is 0 Å². The fourth-order valence-corrected chi connectivity index (χ4v) is 3.76. The van der Waals surface area contributed by atoms with E-state index in [2.05, 4.69) is 0 Å². The van der Waals surface area contributed by atoms with Gasteiger partial charge in [0.1, 0.15) is 0 Å². The van der Waals surface area contributed by atoms with Crippen LogP contribution in [0.5, 0.6) is 0 Å². The highest BCUT2D eigenvalue weighted by Crippen LogP contribution is 2.30. The molecule has 0 aliphatic carbocycles. The zero-order valence-electron chi connectivity index (χ0n) is 8.90. The molecule has 6 heteroatoms. The van der Waals surface area contributed by atoms with Gasteiger partial charge in [0.15, 0.2) is 0 Å². The van der Waals surface area contributed by atoms with E-state index in [9.17, 15) is 8.42 Å². The van der Waals surface area contributed by atoms with E-state index < -0.39 is 9.84 Å². The molecule has 0 radical (unpaired) electrons. The zero-order valence-corrected chi connectivity index (χ0v) is 12.0. The van der Waals surface area contributed by atoms with Crippen LogP contribution in [-0.2, 0) is 9.84 Å². The Hall–Kier alpha value is -0.740. The van der Waals surface area contributed by atoms with E-state index in [-0.39, 0.29) is 14.8 Å². The topological polar surface area (TPSA) is 34.1 Å². The highest BCUT2D eigenvalue weighted by Gasteiger charge is 2.21. The van der Waals surface area contributed by atoms with Gasteiger partial charge in [-0.25, -0.2) is 8.42 Å². The van der Waals surface area contributed by atoms with Crippen LogP contribution in [0.15, 0.2) is 52.3 Å². The lowest BCUT2D eigenvalue weighted by atomic mass is 10.4. The summed E-state index contributed by atoms with van der Waals surface area (Å²) >= 11 is 17.5. The van der Waals surface area contributed by atoms with Crippen molar-refractivity contribution < 1.29 is 8.42 Å². The van der Waals surface area contributed by atoms with Crippen LogP contribution in [0.2, 0.25) is 15.1 Å². The minimum Gasteiger partial charge on any atom is -0.218 e. The minimum atomic E-state index is -3.72. The maximum absolute atomic E-state index is 12.4. The van der Waals surface area contributed by atoms with Crippen LogP contribution in [-0.4, -0.2) is 8.42 Å². The fraction of sp³-hybridized carbons (Fsp3) is 0. The molecule has 0 aromatic heterocycles. The van der Waals surface area contributed by atoms with Crippen molar-refractivity contribution in [3.63, 3.8) is 0 Å². The normalized spacial score (nSPS) is 11.5. The third-order valence-corrected chi connectivity index (χ3v) is 4.99. The van der Waals surface area contributed by atoms with Gasteiger partial charge in [-0.3, -0.25) is 0 Å². The molecule has 18 heavy (non-hydrogen) atoms. The lowest BCUT2D eigenvalue weighted by Crippen LogP contribution is -2.02. The molecule has 2 nitrogen and oxygen atoms in total. The Kier molecular flexibility index (Phi) is 3.87. The van der Waals surface area contributed by atoms with Gasteiger partial charge in [0.2, 0.25) is 9.84 Å². The van der Waals surface area contributed by atoms with Crippen molar-refractivity contribution in [1.29, 1.82) is 0 Å². The Bertz CT molecular complexity index is 696. The van der Waals surface area contributed by atoms with Gasteiger partial charge < -0.3 is 0 Å². The van der Waals surface area contributed by atoms with Gasteiger partial charge in [-0.15, -0.1) is 0 Å². The molecule has 0 aliphatic heterocycles. The third kappa shape index (κ3) is 2.64. The van der Waals surface area contributed by atoms with E-state index in [1.807, 2.05) is 0 Å². The Morgan fingerprint density at radius 3 is 2.17 bits per heavy atom. The average molecular weight is 322 g/mol. The first-order valence-corrected chi connectivity index (χ1v) is 7.48. The van der Waals surface area contributed by atoms with Crippen molar-refractivity contribution >= 4 is 44.6 Å². The average Bonchev–Trinajstić information content (AvgIpc) is 2.32. The first-order valence-electron chi connectivity index (χ1n) is 4.87. The molecule has 2 rings (SSSR count). The molecule has 0 N–H and O–H groups in total. The van der Waals surface area contributed by atoms with Crippen LogP contribution in [0.25, 0.3) is 0 Å². The molecule has 0 atom stereocenters. The summed E-state index contributed by atoms with van der Waals surface area (Å²) in [7, 11) is -3.72. The lowest BCUT2D eigenvalue weighted by molar-refractivity contribution is 0.596. The van der Waals surface area contributed by atoms with E-state index >= 15 is 0 Å². The molecule has 0 bridgehead atoms. The van der Waals surface area contributed by atoms with Crippen LogP contribution in [0.4, 0.5) is 0 Å². The Labute approximate surface area is 120 Å². The molecule has 0 saturated carbocycles. The highest BCUT2D eigenvalue weighted by atomic mass is 35.5. The quantitative estimate of drug-likeness (QED) is 0.817. The van der Waals surface area contributed by atoms with Gasteiger partial charge in [0, 0.05) is 10.0 Å². The number of rotatable bonds is 2. The van der Waals surface area contributed by atoms with E-state index in [1.165, 1.54) is 30.3 Å². The summed E-state index contributed by atoms with van der Waals surface area (Å²) in [5.41, 5.74) is 0. The summed E-state index contributed by atoms with van der Waals surface area (Å²) in [5.74, 6) is 0. The SMILES string of the molecule is O=S(=O)(c1cccc(Cl)c1)c1cc(Cl)ccc1Cl. The van der Waals surface area contributed by atoms with Crippen molar-refractivity contribution in [2.24, 2.45) is 0 Å². The largest absolute Gasteiger partial charge is 0.218 e. The summed E-state index contributed by atoms with van der Waals surface area (Å²) in [6, 6.07) is 10.3. The molecule has 2 aromatic carbocycles. The second-order valence-electron chi connectivity index (χ2n) is 3.54. The van der Waals surface area contributed by atoms with Gasteiger partial charge in [0.05, 0.1) is 14.8 Å². The molecule has 94 valence electrons. The second kappa shape index (κ2) is 5.10. The lowest BCUT2D eigenvalue weighted by Gasteiger charge is -2.07. The van der Waals surface area contributed by atoms with Gasteiger partial charge in [-0.1, -0.05) is 40.9 Å². The van der Waals surface area contributed by atoms with Gasteiger partial charge in [0.25, 0.3) is 0 Å². The summed E-state index contributed by atoms with van der Waals surface area (Å²) in [6.45, 7) is 0. The Morgan fingerprint density at radius 2 is 1.50 bits per heavy atom. The molecule has 0 spiro atoms. The molecule has 0 fully saturated rings. The van der Waals surface area contributed by atoms with Crippen LogP contribution in [0.3, 0.4) is 0 Å². The van der Waals surface area contributed by atoms with Crippen molar-refractivity contribution in [2.45, 2.75) is 9.79 Å². The smallest absolute Gasteiger partial charge is 0.208 e.